The highest BCUT2D eigenvalue weighted by molar-refractivity contribution is 6.27. The van der Waals surface area contributed by atoms with Gasteiger partial charge in [0.05, 0.1) is 11.6 Å². The van der Waals surface area contributed by atoms with Crippen LogP contribution in [0.1, 0.15) is 17.2 Å². The lowest BCUT2D eigenvalue weighted by Crippen LogP contribution is -2.40. The van der Waals surface area contributed by atoms with E-state index in [1.807, 2.05) is 6.07 Å². The maximum atomic E-state index is 13.0. The lowest BCUT2D eigenvalue weighted by molar-refractivity contribution is -0.187. The quantitative estimate of drug-likeness (QED) is 0.804. The van der Waals surface area contributed by atoms with Crippen LogP contribution >= 0.6 is 11.6 Å². The van der Waals surface area contributed by atoms with Crippen LogP contribution < -0.4 is 0 Å². The second-order valence-electron chi connectivity index (χ2n) is 3.82. The highest BCUT2D eigenvalue weighted by Crippen LogP contribution is 2.37. The number of alkyl halides is 4. The highest BCUT2D eigenvalue weighted by Gasteiger charge is 2.44. The molecule has 1 atom stereocenters. The van der Waals surface area contributed by atoms with Gasteiger partial charge in [-0.1, -0.05) is 12.1 Å². The van der Waals surface area contributed by atoms with Crippen LogP contribution in [0.3, 0.4) is 0 Å². The number of carbonyl (C=O) groups is 1. The number of rotatable bonds is 3. The predicted octanol–water partition coefficient (Wildman–Crippen LogP) is 2.86. The van der Waals surface area contributed by atoms with Crippen molar-refractivity contribution >= 4 is 17.5 Å². The molecule has 0 radical (unpaired) electrons. The number of halogens is 4. The fourth-order valence-corrected chi connectivity index (χ4v) is 1.80. The van der Waals surface area contributed by atoms with Gasteiger partial charge in [0.2, 0.25) is 5.91 Å². The van der Waals surface area contributed by atoms with Gasteiger partial charge in [-0.05, 0) is 17.7 Å². The lowest BCUT2D eigenvalue weighted by atomic mass is 10.0. The lowest BCUT2D eigenvalue weighted by Gasteiger charge is -2.29. The molecule has 102 valence electrons. The third kappa shape index (κ3) is 3.61. The van der Waals surface area contributed by atoms with Gasteiger partial charge in [0.25, 0.3) is 0 Å². The first-order valence-electron chi connectivity index (χ1n) is 5.19. The third-order valence-electron chi connectivity index (χ3n) is 2.56. The zero-order valence-electron chi connectivity index (χ0n) is 9.91. The van der Waals surface area contributed by atoms with E-state index in [0.29, 0.717) is 4.90 Å². The summed E-state index contributed by atoms with van der Waals surface area (Å²) >= 11 is 5.27. The molecule has 0 aromatic heterocycles. The van der Waals surface area contributed by atoms with Gasteiger partial charge in [0, 0.05) is 7.05 Å². The Morgan fingerprint density at radius 3 is 2.32 bits per heavy atom. The van der Waals surface area contributed by atoms with E-state index in [0.717, 1.165) is 7.05 Å². The molecule has 1 aromatic rings. The van der Waals surface area contributed by atoms with Crippen LogP contribution in [-0.4, -0.2) is 29.9 Å². The maximum absolute atomic E-state index is 13.0. The number of hydrogen-bond donors (Lipinski definition) is 0. The molecule has 1 aromatic carbocycles. The number of hydrogen-bond acceptors (Lipinski definition) is 2. The molecule has 7 heteroatoms. The van der Waals surface area contributed by atoms with Crippen molar-refractivity contribution in [1.29, 1.82) is 5.26 Å². The molecule has 0 fully saturated rings. The molecule has 0 aliphatic carbocycles. The Bertz CT molecular complexity index is 493. The van der Waals surface area contributed by atoms with Crippen molar-refractivity contribution in [3.05, 3.63) is 35.4 Å². The first kappa shape index (κ1) is 15.3. The number of nitriles is 1. The SMILES string of the molecule is CN(C(=O)CCl)C(c1ccc(C#N)cc1)C(F)(F)F. The Kier molecular flexibility index (Phi) is 4.78. The minimum Gasteiger partial charge on any atom is -0.329 e. The van der Waals surface area contributed by atoms with Crippen LogP contribution in [0.15, 0.2) is 24.3 Å². The molecule has 0 heterocycles. The second-order valence-corrected chi connectivity index (χ2v) is 4.08. The molecule has 0 saturated carbocycles. The van der Waals surface area contributed by atoms with Crippen molar-refractivity contribution < 1.29 is 18.0 Å². The smallest absolute Gasteiger partial charge is 0.329 e. The topological polar surface area (TPSA) is 44.1 Å². The summed E-state index contributed by atoms with van der Waals surface area (Å²) in [6, 6.07) is 4.63. The van der Waals surface area contributed by atoms with E-state index in [1.54, 1.807) is 0 Å². The van der Waals surface area contributed by atoms with Gasteiger partial charge < -0.3 is 4.90 Å². The van der Waals surface area contributed by atoms with Crippen molar-refractivity contribution in [3.8, 4) is 6.07 Å². The molecule has 1 unspecified atom stereocenters. The Hall–Kier alpha value is -1.74. The van der Waals surface area contributed by atoms with Crippen molar-refractivity contribution in [2.24, 2.45) is 0 Å². The molecule has 0 aliphatic heterocycles. The number of benzene rings is 1. The molecule has 1 rings (SSSR count). The van der Waals surface area contributed by atoms with E-state index in [-0.39, 0.29) is 11.1 Å². The average Bonchev–Trinajstić information content (AvgIpc) is 2.37. The number of carbonyl (C=O) groups excluding carboxylic acids is 1. The molecule has 0 saturated heterocycles. The largest absolute Gasteiger partial charge is 0.413 e. The summed E-state index contributed by atoms with van der Waals surface area (Å²) in [5.74, 6) is -1.35. The van der Waals surface area contributed by atoms with Crippen LogP contribution in [0.4, 0.5) is 13.2 Å². The molecule has 0 bridgehead atoms. The van der Waals surface area contributed by atoms with Crippen molar-refractivity contribution in [2.45, 2.75) is 12.2 Å². The number of amides is 1. The summed E-state index contributed by atoms with van der Waals surface area (Å²) in [5, 5.41) is 8.61. The summed E-state index contributed by atoms with van der Waals surface area (Å²) in [6.45, 7) is 0. The minimum atomic E-state index is -4.62. The summed E-state index contributed by atoms with van der Waals surface area (Å²) in [7, 11) is 1.04. The van der Waals surface area contributed by atoms with E-state index < -0.39 is 24.0 Å². The van der Waals surface area contributed by atoms with E-state index in [1.165, 1.54) is 24.3 Å². The van der Waals surface area contributed by atoms with Gasteiger partial charge >= 0.3 is 6.18 Å². The predicted molar refractivity (Wildman–Crippen MR) is 63.4 cm³/mol. The fraction of sp³-hybridized carbons (Fsp3) is 0.333. The normalized spacial score (nSPS) is 12.6. The summed E-state index contributed by atoms with van der Waals surface area (Å²) in [5.41, 5.74) is 0.128. The first-order chi connectivity index (χ1) is 8.81. The van der Waals surface area contributed by atoms with Crippen LogP contribution in [0.5, 0.6) is 0 Å². The minimum absolute atomic E-state index is 0.118. The van der Waals surface area contributed by atoms with Gasteiger partial charge in [-0.15, -0.1) is 11.6 Å². The first-order valence-corrected chi connectivity index (χ1v) is 5.73. The van der Waals surface area contributed by atoms with Crippen molar-refractivity contribution in [2.75, 3.05) is 12.9 Å². The number of nitrogens with zero attached hydrogens (tertiary/aromatic N) is 2. The van der Waals surface area contributed by atoms with E-state index >= 15 is 0 Å². The summed E-state index contributed by atoms with van der Waals surface area (Å²) < 4.78 is 39.1. The Morgan fingerprint density at radius 2 is 1.95 bits per heavy atom. The van der Waals surface area contributed by atoms with E-state index in [9.17, 15) is 18.0 Å². The molecule has 19 heavy (non-hydrogen) atoms. The molecule has 3 nitrogen and oxygen atoms in total. The third-order valence-corrected chi connectivity index (χ3v) is 2.79. The maximum Gasteiger partial charge on any atom is 0.413 e. The van der Waals surface area contributed by atoms with E-state index in [2.05, 4.69) is 0 Å². The summed E-state index contributed by atoms with van der Waals surface area (Å²) in [4.78, 5) is 11.9. The molecule has 0 aliphatic rings. The Balaban J connectivity index is 3.17. The van der Waals surface area contributed by atoms with Crippen LogP contribution in [0, 0.1) is 11.3 Å². The second kappa shape index (κ2) is 5.93. The van der Waals surface area contributed by atoms with Crippen molar-refractivity contribution in [1.82, 2.24) is 4.90 Å². The average molecular weight is 291 g/mol. The fourth-order valence-electron chi connectivity index (χ4n) is 1.61. The molecule has 0 N–H and O–H groups in total. The van der Waals surface area contributed by atoms with Gasteiger partial charge in [-0.25, -0.2) is 0 Å². The highest BCUT2D eigenvalue weighted by atomic mass is 35.5. The Labute approximate surface area is 113 Å². The standard InChI is InChI=1S/C12H10ClF3N2O/c1-18(10(19)6-13)11(12(14,15)16)9-4-2-8(7-17)3-5-9/h2-5,11H,6H2,1H3. The van der Waals surface area contributed by atoms with Gasteiger partial charge in [0.1, 0.15) is 5.88 Å². The van der Waals surface area contributed by atoms with Crippen LogP contribution in [-0.2, 0) is 4.79 Å². The van der Waals surface area contributed by atoms with Crippen molar-refractivity contribution in [3.63, 3.8) is 0 Å². The molecular formula is C12H10ClF3N2O. The van der Waals surface area contributed by atoms with Gasteiger partial charge in [0.15, 0.2) is 6.04 Å². The zero-order valence-corrected chi connectivity index (χ0v) is 10.7. The monoisotopic (exact) mass is 290 g/mol. The van der Waals surface area contributed by atoms with Gasteiger partial charge in [-0.2, -0.15) is 18.4 Å². The van der Waals surface area contributed by atoms with Crippen LogP contribution in [0.25, 0.3) is 0 Å². The van der Waals surface area contributed by atoms with Crippen LogP contribution in [0.2, 0.25) is 0 Å². The van der Waals surface area contributed by atoms with Gasteiger partial charge in [-0.3, -0.25) is 4.79 Å². The molecular weight excluding hydrogens is 281 g/mol. The Morgan fingerprint density at radius 1 is 1.42 bits per heavy atom. The zero-order chi connectivity index (χ0) is 14.6. The molecule has 0 spiro atoms. The molecule has 1 amide bonds. The summed E-state index contributed by atoms with van der Waals surface area (Å²) in [6.07, 6.45) is -4.62. The van der Waals surface area contributed by atoms with E-state index in [4.69, 9.17) is 16.9 Å².